The van der Waals surface area contributed by atoms with Gasteiger partial charge >= 0.3 is 5.63 Å². The predicted molar refractivity (Wildman–Crippen MR) is 105 cm³/mol. The standard InChI is InChI=1S/C21H21NO7/c23-10-16-18(24)19(25)17(21(27)29-16)22-13-7-6-12-8-14(11-4-2-1-3-5-11)20(26)28-15(12)9-13/h1-9,16-19,21-25,27H,10H2/t16?,17?,18-,19-,21?/m1/s1. The van der Waals surface area contributed by atoms with E-state index in [1.54, 1.807) is 24.3 Å². The molecule has 0 saturated carbocycles. The fourth-order valence-electron chi connectivity index (χ4n) is 3.47. The van der Waals surface area contributed by atoms with Crippen molar-refractivity contribution in [1.82, 2.24) is 0 Å². The highest BCUT2D eigenvalue weighted by Gasteiger charge is 2.43. The molecule has 3 unspecified atom stereocenters. The van der Waals surface area contributed by atoms with Crippen molar-refractivity contribution in [3.05, 3.63) is 65.0 Å². The summed E-state index contributed by atoms with van der Waals surface area (Å²) in [6, 6.07) is 14.9. The molecule has 5 N–H and O–H groups in total. The molecule has 0 bridgehead atoms. The Bertz CT molecular complexity index is 1050. The molecule has 152 valence electrons. The van der Waals surface area contributed by atoms with Gasteiger partial charge in [-0.1, -0.05) is 30.3 Å². The first-order valence-electron chi connectivity index (χ1n) is 9.18. The Hall–Kier alpha value is -2.75. The number of aliphatic hydroxyl groups excluding tert-OH is 4. The lowest BCUT2D eigenvalue weighted by Crippen LogP contribution is -2.61. The number of hydrogen-bond donors (Lipinski definition) is 5. The van der Waals surface area contributed by atoms with Crippen molar-refractivity contribution in [2.75, 3.05) is 11.9 Å². The molecule has 0 amide bonds. The van der Waals surface area contributed by atoms with Gasteiger partial charge < -0.3 is 34.9 Å². The third-order valence-corrected chi connectivity index (χ3v) is 5.05. The molecule has 0 aliphatic carbocycles. The quantitative estimate of drug-likeness (QED) is 0.405. The number of rotatable bonds is 4. The molecule has 1 aliphatic heterocycles. The van der Waals surface area contributed by atoms with Gasteiger partial charge in [0.15, 0.2) is 6.29 Å². The Morgan fingerprint density at radius 3 is 2.45 bits per heavy atom. The van der Waals surface area contributed by atoms with Crippen molar-refractivity contribution >= 4 is 16.7 Å². The molecular formula is C21H21NO7. The lowest BCUT2D eigenvalue weighted by molar-refractivity contribution is -0.245. The number of benzene rings is 2. The Labute approximate surface area is 165 Å². The summed E-state index contributed by atoms with van der Waals surface area (Å²) in [5, 5.41) is 43.1. The first-order valence-corrected chi connectivity index (χ1v) is 9.18. The van der Waals surface area contributed by atoms with Gasteiger partial charge in [0, 0.05) is 17.1 Å². The summed E-state index contributed by atoms with van der Waals surface area (Å²) in [4.78, 5) is 12.4. The number of hydrogen-bond acceptors (Lipinski definition) is 8. The molecule has 1 aliphatic rings. The minimum absolute atomic E-state index is 0.328. The molecule has 1 aromatic heterocycles. The average Bonchev–Trinajstić information content (AvgIpc) is 2.73. The second-order valence-corrected chi connectivity index (χ2v) is 6.97. The van der Waals surface area contributed by atoms with Crippen LogP contribution >= 0.6 is 0 Å². The predicted octanol–water partition coefficient (Wildman–Crippen LogP) is 0.672. The van der Waals surface area contributed by atoms with E-state index < -0.39 is 42.9 Å². The molecule has 0 radical (unpaired) electrons. The molecule has 8 heteroatoms. The lowest BCUT2D eigenvalue weighted by Gasteiger charge is -2.40. The summed E-state index contributed by atoms with van der Waals surface area (Å²) in [7, 11) is 0. The Morgan fingerprint density at radius 1 is 0.966 bits per heavy atom. The van der Waals surface area contributed by atoms with Gasteiger partial charge in [-0.3, -0.25) is 0 Å². The zero-order chi connectivity index (χ0) is 20.5. The van der Waals surface area contributed by atoms with E-state index in [2.05, 4.69) is 5.32 Å². The topological polar surface area (TPSA) is 132 Å². The molecule has 1 fully saturated rings. The fourth-order valence-corrected chi connectivity index (χ4v) is 3.47. The number of fused-ring (bicyclic) bond motifs is 1. The number of nitrogens with one attached hydrogen (secondary N) is 1. The zero-order valence-electron chi connectivity index (χ0n) is 15.3. The van der Waals surface area contributed by atoms with E-state index in [0.717, 1.165) is 5.56 Å². The van der Waals surface area contributed by atoms with E-state index in [-0.39, 0.29) is 0 Å². The van der Waals surface area contributed by atoms with E-state index in [0.29, 0.717) is 22.2 Å². The Kier molecular flexibility index (Phi) is 5.35. The van der Waals surface area contributed by atoms with Gasteiger partial charge in [-0.15, -0.1) is 0 Å². The summed E-state index contributed by atoms with van der Waals surface area (Å²) in [6.45, 7) is -0.535. The van der Waals surface area contributed by atoms with Crippen LogP contribution in [0.2, 0.25) is 0 Å². The van der Waals surface area contributed by atoms with Crippen LogP contribution in [-0.4, -0.2) is 57.7 Å². The van der Waals surface area contributed by atoms with Crippen LogP contribution < -0.4 is 10.9 Å². The fraction of sp³-hybridized carbons (Fsp3) is 0.286. The molecule has 4 rings (SSSR count). The molecule has 0 spiro atoms. The van der Waals surface area contributed by atoms with Crippen LogP contribution in [0.5, 0.6) is 0 Å². The summed E-state index contributed by atoms with van der Waals surface area (Å²) in [5.41, 5.74) is 1.50. The maximum Gasteiger partial charge on any atom is 0.344 e. The van der Waals surface area contributed by atoms with Crippen molar-refractivity contribution in [3.63, 3.8) is 0 Å². The largest absolute Gasteiger partial charge is 0.422 e. The normalized spacial score (nSPS) is 27.1. The second kappa shape index (κ2) is 7.94. The van der Waals surface area contributed by atoms with Gasteiger partial charge in [0.05, 0.1) is 12.2 Å². The van der Waals surface area contributed by atoms with Gasteiger partial charge in [-0.2, -0.15) is 0 Å². The number of aliphatic hydroxyl groups is 4. The van der Waals surface area contributed by atoms with E-state index in [9.17, 15) is 20.1 Å². The molecule has 3 aromatic rings. The third-order valence-electron chi connectivity index (χ3n) is 5.05. The first kappa shape index (κ1) is 19.6. The minimum atomic E-state index is -1.45. The van der Waals surface area contributed by atoms with Crippen LogP contribution in [0.3, 0.4) is 0 Å². The summed E-state index contributed by atoms with van der Waals surface area (Å²) in [6.07, 6.45) is -5.27. The van der Waals surface area contributed by atoms with E-state index in [4.69, 9.17) is 14.3 Å². The molecule has 8 nitrogen and oxygen atoms in total. The van der Waals surface area contributed by atoms with Crippen LogP contribution in [0, 0.1) is 0 Å². The monoisotopic (exact) mass is 399 g/mol. The second-order valence-electron chi connectivity index (χ2n) is 6.97. The number of anilines is 1. The summed E-state index contributed by atoms with van der Waals surface area (Å²) in [5.74, 6) is 0. The van der Waals surface area contributed by atoms with Gasteiger partial charge in [0.25, 0.3) is 0 Å². The highest BCUT2D eigenvalue weighted by molar-refractivity contribution is 5.84. The molecule has 5 atom stereocenters. The van der Waals surface area contributed by atoms with Gasteiger partial charge in [-0.05, 0) is 23.8 Å². The van der Waals surface area contributed by atoms with Crippen molar-refractivity contribution in [2.24, 2.45) is 0 Å². The molecule has 2 aromatic carbocycles. The van der Waals surface area contributed by atoms with E-state index in [1.807, 2.05) is 30.3 Å². The van der Waals surface area contributed by atoms with Crippen molar-refractivity contribution in [1.29, 1.82) is 0 Å². The lowest BCUT2D eigenvalue weighted by atomic mass is 9.97. The smallest absolute Gasteiger partial charge is 0.344 e. The van der Waals surface area contributed by atoms with Crippen LogP contribution in [0.15, 0.2) is 63.8 Å². The maximum absolute atomic E-state index is 12.4. The molecule has 29 heavy (non-hydrogen) atoms. The SMILES string of the molecule is O=c1oc2cc(NC3C(O)OC(CO)[C@@H](O)[C@@H]3O)ccc2cc1-c1ccccc1. The Morgan fingerprint density at radius 2 is 1.72 bits per heavy atom. The van der Waals surface area contributed by atoms with Gasteiger partial charge in [0.1, 0.15) is 29.9 Å². The summed E-state index contributed by atoms with van der Waals surface area (Å²) >= 11 is 0. The highest BCUT2D eigenvalue weighted by atomic mass is 16.6. The van der Waals surface area contributed by atoms with E-state index in [1.165, 1.54) is 0 Å². The van der Waals surface area contributed by atoms with Gasteiger partial charge in [-0.25, -0.2) is 4.79 Å². The average molecular weight is 399 g/mol. The number of ether oxygens (including phenoxy) is 1. The molecule has 1 saturated heterocycles. The Balaban J connectivity index is 1.62. The van der Waals surface area contributed by atoms with Crippen molar-refractivity contribution in [3.8, 4) is 11.1 Å². The van der Waals surface area contributed by atoms with Crippen LogP contribution in [-0.2, 0) is 4.74 Å². The van der Waals surface area contributed by atoms with Gasteiger partial charge in [0.2, 0.25) is 0 Å². The molecule has 2 heterocycles. The minimum Gasteiger partial charge on any atom is -0.422 e. The van der Waals surface area contributed by atoms with Crippen LogP contribution in [0.1, 0.15) is 0 Å². The maximum atomic E-state index is 12.4. The first-order chi connectivity index (χ1) is 14.0. The third kappa shape index (κ3) is 3.76. The van der Waals surface area contributed by atoms with Crippen molar-refractivity contribution < 1.29 is 29.6 Å². The van der Waals surface area contributed by atoms with Crippen molar-refractivity contribution in [2.45, 2.75) is 30.6 Å². The molecular weight excluding hydrogens is 378 g/mol. The van der Waals surface area contributed by atoms with Crippen LogP contribution in [0.4, 0.5) is 5.69 Å². The highest BCUT2D eigenvalue weighted by Crippen LogP contribution is 2.26. The van der Waals surface area contributed by atoms with Crippen LogP contribution in [0.25, 0.3) is 22.1 Å². The zero-order valence-corrected chi connectivity index (χ0v) is 15.3. The summed E-state index contributed by atoms with van der Waals surface area (Å²) < 4.78 is 10.6. The van der Waals surface area contributed by atoms with E-state index >= 15 is 0 Å².